The molecule has 5 heteroatoms. The predicted octanol–water partition coefficient (Wildman–Crippen LogP) is -0.682. The van der Waals surface area contributed by atoms with E-state index in [1.54, 1.807) is 0 Å². The van der Waals surface area contributed by atoms with Gasteiger partial charge in [0.05, 0.1) is 13.1 Å². The van der Waals surface area contributed by atoms with Crippen LogP contribution in [0, 0.1) is 5.92 Å². The molecule has 5 nitrogen and oxygen atoms in total. The number of carbonyl (C=O) groups is 2. The molecule has 0 aliphatic carbocycles. The zero-order valence-electron chi connectivity index (χ0n) is 9.32. The van der Waals surface area contributed by atoms with Gasteiger partial charge in [0.2, 0.25) is 11.8 Å². The average Bonchev–Trinajstić information content (AvgIpc) is 2.56. The van der Waals surface area contributed by atoms with E-state index in [0.717, 1.165) is 13.0 Å². The lowest BCUT2D eigenvalue weighted by Gasteiger charge is -2.23. The highest BCUT2D eigenvalue weighted by atomic mass is 16.2. The first kappa shape index (κ1) is 12.0. The van der Waals surface area contributed by atoms with Gasteiger partial charge >= 0.3 is 0 Å². The fourth-order valence-electron chi connectivity index (χ4n) is 1.79. The molecule has 1 aliphatic rings. The largest absolute Gasteiger partial charge is 0.346 e. The molecule has 0 aromatic carbocycles. The summed E-state index contributed by atoms with van der Waals surface area (Å²) >= 11 is 0. The van der Waals surface area contributed by atoms with Gasteiger partial charge in [0.1, 0.15) is 0 Å². The molecule has 0 spiro atoms. The third kappa shape index (κ3) is 2.92. The van der Waals surface area contributed by atoms with E-state index in [1.807, 2.05) is 11.8 Å². The minimum absolute atomic E-state index is 0.0198. The average molecular weight is 213 g/mol. The van der Waals surface area contributed by atoms with Gasteiger partial charge < -0.3 is 16.0 Å². The van der Waals surface area contributed by atoms with Gasteiger partial charge in [-0.2, -0.15) is 0 Å². The van der Waals surface area contributed by atoms with Crippen molar-refractivity contribution >= 4 is 11.8 Å². The second kappa shape index (κ2) is 5.11. The number of nitrogens with one attached hydrogen (secondary N) is 1. The molecule has 0 aromatic heterocycles. The number of nitrogens with zero attached hydrogens (tertiary/aromatic N) is 1. The lowest BCUT2D eigenvalue weighted by molar-refractivity contribution is -0.133. The zero-order valence-corrected chi connectivity index (χ0v) is 9.32. The number of carbonyl (C=O) groups excluding carboxylic acids is 2. The second-order valence-electron chi connectivity index (χ2n) is 4.07. The molecule has 0 saturated carbocycles. The van der Waals surface area contributed by atoms with Crippen molar-refractivity contribution in [1.82, 2.24) is 10.2 Å². The van der Waals surface area contributed by atoms with E-state index >= 15 is 0 Å². The van der Waals surface area contributed by atoms with Gasteiger partial charge in [0.25, 0.3) is 0 Å². The Bertz CT molecular complexity index is 255. The van der Waals surface area contributed by atoms with Crippen LogP contribution in [-0.2, 0) is 9.59 Å². The maximum absolute atomic E-state index is 11.7. The normalized spacial score (nSPS) is 25.4. The van der Waals surface area contributed by atoms with E-state index in [2.05, 4.69) is 12.2 Å². The quantitative estimate of drug-likeness (QED) is 0.652. The van der Waals surface area contributed by atoms with Crippen molar-refractivity contribution in [2.75, 3.05) is 19.6 Å². The Morgan fingerprint density at radius 2 is 2.13 bits per heavy atom. The van der Waals surface area contributed by atoms with E-state index in [1.165, 1.54) is 0 Å². The molecular weight excluding hydrogens is 194 g/mol. The molecule has 1 saturated heterocycles. The van der Waals surface area contributed by atoms with Crippen molar-refractivity contribution in [3.8, 4) is 0 Å². The van der Waals surface area contributed by atoms with Gasteiger partial charge in [-0.1, -0.05) is 6.92 Å². The van der Waals surface area contributed by atoms with Crippen LogP contribution in [0.5, 0.6) is 0 Å². The highest BCUT2D eigenvalue weighted by Crippen LogP contribution is 2.22. The first-order chi connectivity index (χ1) is 7.06. The summed E-state index contributed by atoms with van der Waals surface area (Å²) in [4.78, 5) is 24.4. The lowest BCUT2D eigenvalue weighted by Crippen LogP contribution is -2.43. The molecule has 0 bridgehead atoms. The summed E-state index contributed by atoms with van der Waals surface area (Å²) in [6, 6.07) is 0.271. The van der Waals surface area contributed by atoms with Gasteiger partial charge in [-0.25, -0.2) is 0 Å². The van der Waals surface area contributed by atoms with Crippen LogP contribution in [0.4, 0.5) is 0 Å². The lowest BCUT2D eigenvalue weighted by atomic mass is 10.1. The Morgan fingerprint density at radius 3 is 2.60 bits per heavy atom. The van der Waals surface area contributed by atoms with Gasteiger partial charge in [0, 0.05) is 12.6 Å². The summed E-state index contributed by atoms with van der Waals surface area (Å²) in [7, 11) is 0. The number of likely N-dealkylation sites (tertiary alicyclic amines) is 1. The molecule has 0 radical (unpaired) electrons. The molecule has 15 heavy (non-hydrogen) atoms. The molecule has 2 atom stereocenters. The number of rotatable bonds is 3. The van der Waals surface area contributed by atoms with E-state index in [0.29, 0.717) is 5.92 Å². The third-order valence-electron chi connectivity index (χ3n) is 3.08. The molecule has 1 heterocycles. The summed E-state index contributed by atoms with van der Waals surface area (Å²) in [6.07, 6.45) is 1.04. The van der Waals surface area contributed by atoms with Crippen LogP contribution in [0.25, 0.3) is 0 Å². The van der Waals surface area contributed by atoms with Gasteiger partial charge in [0.15, 0.2) is 0 Å². The first-order valence-electron chi connectivity index (χ1n) is 5.32. The van der Waals surface area contributed by atoms with Crippen LogP contribution >= 0.6 is 0 Å². The number of hydrogen-bond acceptors (Lipinski definition) is 3. The van der Waals surface area contributed by atoms with Crippen molar-refractivity contribution in [3.05, 3.63) is 0 Å². The minimum atomic E-state index is -0.289. The summed E-state index contributed by atoms with van der Waals surface area (Å²) < 4.78 is 0. The molecule has 2 unspecified atom stereocenters. The molecular formula is C10H19N3O2. The smallest absolute Gasteiger partial charge is 0.242 e. The highest BCUT2D eigenvalue weighted by molar-refractivity contribution is 5.85. The van der Waals surface area contributed by atoms with Crippen LogP contribution < -0.4 is 11.1 Å². The second-order valence-corrected chi connectivity index (χ2v) is 4.07. The first-order valence-corrected chi connectivity index (χ1v) is 5.32. The van der Waals surface area contributed by atoms with Crippen molar-refractivity contribution in [1.29, 1.82) is 0 Å². The minimum Gasteiger partial charge on any atom is -0.346 e. The molecule has 0 aromatic rings. The fourth-order valence-corrected chi connectivity index (χ4v) is 1.79. The Kier molecular flexibility index (Phi) is 4.08. The van der Waals surface area contributed by atoms with E-state index < -0.39 is 0 Å². The van der Waals surface area contributed by atoms with E-state index in [4.69, 9.17) is 5.73 Å². The molecule has 1 aliphatic heterocycles. The molecule has 2 amide bonds. The van der Waals surface area contributed by atoms with E-state index in [-0.39, 0.29) is 30.9 Å². The number of hydrogen-bond donors (Lipinski definition) is 2. The Balaban J connectivity index is 2.38. The predicted molar refractivity (Wildman–Crippen MR) is 57.0 cm³/mol. The SMILES string of the molecule is CC1CCN(C(=O)CNC(=O)CN)C1C. The van der Waals surface area contributed by atoms with Crippen molar-refractivity contribution < 1.29 is 9.59 Å². The van der Waals surface area contributed by atoms with Crippen molar-refractivity contribution in [2.45, 2.75) is 26.3 Å². The zero-order chi connectivity index (χ0) is 11.4. The van der Waals surface area contributed by atoms with Crippen LogP contribution in [0.3, 0.4) is 0 Å². The molecule has 3 N–H and O–H groups in total. The molecule has 86 valence electrons. The van der Waals surface area contributed by atoms with Crippen molar-refractivity contribution in [2.24, 2.45) is 11.7 Å². The summed E-state index contributed by atoms with van der Waals surface area (Å²) in [5, 5.41) is 2.49. The summed E-state index contributed by atoms with van der Waals surface area (Å²) in [6.45, 7) is 4.96. The van der Waals surface area contributed by atoms with Crippen LogP contribution in [0.1, 0.15) is 20.3 Å². The van der Waals surface area contributed by atoms with Crippen LogP contribution in [-0.4, -0.2) is 42.4 Å². The maximum atomic E-state index is 11.7. The summed E-state index contributed by atoms with van der Waals surface area (Å²) in [5.74, 6) is 0.232. The standard InChI is InChI=1S/C10H19N3O2/c1-7-3-4-13(8(7)2)10(15)6-12-9(14)5-11/h7-8H,3-6,11H2,1-2H3,(H,12,14). The monoisotopic (exact) mass is 213 g/mol. The highest BCUT2D eigenvalue weighted by Gasteiger charge is 2.30. The number of amides is 2. The van der Waals surface area contributed by atoms with E-state index in [9.17, 15) is 9.59 Å². The Hall–Kier alpha value is -1.10. The fraction of sp³-hybridized carbons (Fsp3) is 0.800. The maximum Gasteiger partial charge on any atom is 0.242 e. The van der Waals surface area contributed by atoms with Crippen LogP contribution in [0.15, 0.2) is 0 Å². The van der Waals surface area contributed by atoms with Gasteiger partial charge in [-0.3, -0.25) is 9.59 Å². The Labute approximate surface area is 90.0 Å². The molecule has 1 fully saturated rings. The Morgan fingerprint density at radius 1 is 1.47 bits per heavy atom. The summed E-state index contributed by atoms with van der Waals surface area (Å²) in [5.41, 5.74) is 5.12. The van der Waals surface area contributed by atoms with Gasteiger partial charge in [-0.15, -0.1) is 0 Å². The molecule has 1 rings (SSSR count). The van der Waals surface area contributed by atoms with Crippen LogP contribution in [0.2, 0.25) is 0 Å². The topological polar surface area (TPSA) is 75.4 Å². The van der Waals surface area contributed by atoms with Gasteiger partial charge in [-0.05, 0) is 19.3 Å². The van der Waals surface area contributed by atoms with Crippen molar-refractivity contribution in [3.63, 3.8) is 0 Å². The number of nitrogens with two attached hydrogens (primary N) is 1. The third-order valence-corrected chi connectivity index (χ3v) is 3.08.